The van der Waals surface area contributed by atoms with Gasteiger partial charge < -0.3 is 20.3 Å². The average molecular weight is 257 g/mol. The number of carbonyl (C=O) groups is 1. The van der Waals surface area contributed by atoms with Crippen LogP contribution in [0.15, 0.2) is 0 Å². The average Bonchev–Trinajstić information content (AvgIpc) is 2.39. The van der Waals surface area contributed by atoms with E-state index < -0.39 is 0 Å². The highest BCUT2D eigenvalue weighted by molar-refractivity contribution is 5.82. The monoisotopic (exact) mass is 257 g/mol. The zero-order valence-corrected chi connectivity index (χ0v) is 12.0. The lowest BCUT2D eigenvalue weighted by Crippen LogP contribution is -2.60. The van der Waals surface area contributed by atoms with Crippen LogP contribution in [0.3, 0.4) is 0 Å². The van der Waals surface area contributed by atoms with E-state index in [4.69, 9.17) is 4.74 Å². The first-order valence-electron chi connectivity index (χ1n) is 6.86. The van der Waals surface area contributed by atoms with Crippen LogP contribution in [0.25, 0.3) is 0 Å². The Morgan fingerprint density at radius 1 is 1.44 bits per heavy atom. The largest absolute Gasteiger partial charge is 0.383 e. The smallest absolute Gasteiger partial charge is 0.241 e. The molecule has 1 fully saturated rings. The van der Waals surface area contributed by atoms with Gasteiger partial charge in [-0.05, 0) is 20.3 Å². The van der Waals surface area contributed by atoms with Gasteiger partial charge in [-0.3, -0.25) is 4.79 Å². The summed E-state index contributed by atoms with van der Waals surface area (Å²) in [6, 6.07) is 0.589. The summed E-state index contributed by atoms with van der Waals surface area (Å²) in [4.78, 5) is 14.4. The fourth-order valence-electron chi connectivity index (χ4n) is 2.12. The van der Waals surface area contributed by atoms with Gasteiger partial charge in [0.25, 0.3) is 0 Å². The number of nitrogens with zero attached hydrogens (tertiary/aromatic N) is 1. The van der Waals surface area contributed by atoms with Crippen molar-refractivity contribution in [3.8, 4) is 0 Å². The molecule has 1 heterocycles. The topological polar surface area (TPSA) is 53.6 Å². The van der Waals surface area contributed by atoms with Gasteiger partial charge >= 0.3 is 0 Å². The Kier molecular flexibility index (Phi) is 6.60. The number of methoxy groups -OCH3 is 1. The van der Waals surface area contributed by atoms with Crippen LogP contribution < -0.4 is 10.6 Å². The van der Waals surface area contributed by atoms with Crippen LogP contribution in [0, 0.1) is 0 Å². The lowest BCUT2D eigenvalue weighted by Gasteiger charge is -2.35. The van der Waals surface area contributed by atoms with Gasteiger partial charge in [0.05, 0.1) is 12.6 Å². The van der Waals surface area contributed by atoms with Crippen molar-refractivity contribution >= 4 is 5.91 Å². The fraction of sp³-hybridized carbons (Fsp3) is 0.923. The van der Waals surface area contributed by atoms with E-state index >= 15 is 0 Å². The van der Waals surface area contributed by atoms with E-state index in [2.05, 4.69) is 31.4 Å². The first kappa shape index (κ1) is 15.4. The molecule has 0 aromatic carbocycles. The standard InChI is InChI=1S/C13H27N3O2/c1-5-11(3)16(6-7-18-4)13(17)12-9-14-10(2)8-15-12/h10-12,14-15H,5-9H2,1-4H3. The Bertz CT molecular complexity index is 253. The maximum Gasteiger partial charge on any atom is 0.241 e. The second kappa shape index (κ2) is 7.71. The van der Waals surface area contributed by atoms with Crippen molar-refractivity contribution < 1.29 is 9.53 Å². The molecule has 0 aromatic heterocycles. The summed E-state index contributed by atoms with van der Waals surface area (Å²) in [5, 5.41) is 6.65. The highest BCUT2D eigenvalue weighted by Crippen LogP contribution is 2.07. The summed E-state index contributed by atoms with van der Waals surface area (Å²) in [7, 11) is 1.67. The zero-order chi connectivity index (χ0) is 13.5. The minimum absolute atomic E-state index is 0.105. The Balaban J connectivity index is 2.57. The maximum atomic E-state index is 12.5. The van der Waals surface area contributed by atoms with Crippen LogP contribution in [-0.4, -0.2) is 62.3 Å². The third-order valence-corrected chi connectivity index (χ3v) is 3.58. The van der Waals surface area contributed by atoms with Crippen LogP contribution in [0.2, 0.25) is 0 Å². The van der Waals surface area contributed by atoms with Crippen LogP contribution >= 0.6 is 0 Å². The fourth-order valence-corrected chi connectivity index (χ4v) is 2.12. The van der Waals surface area contributed by atoms with Gasteiger partial charge in [-0.2, -0.15) is 0 Å². The van der Waals surface area contributed by atoms with Gasteiger partial charge in [0.2, 0.25) is 5.91 Å². The molecule has 18 heavy (non-hydrogen) atoms. The van der Waals surface area contributed by atoms with Crippen molar-refractivity contribution in [1.29, 1.82) is 0 Å². The van der Waals surface area contributed by atoms with E-state index in [1.807, 2.05) is 4.90 Å². The van der Waals surface area contributed by atoms with E-state index in [0.29, 0.717) is 25.7 Å². The third kappa shape index (κ3) is 4.23. The van der Waals surface area contributed by atoms with Crippen molar-refractivity contribution in [3.63, 3.8) is 0 Å². The van der Waals surface area contributed by atoms with E-state index in [1.165, 1.54) is 0 Å². The summed E-state index contributed by atoms with van der Waals surface area (Å²) in [6.45, 7) is 9.11. The molecule has 1 amide bonds. The maximum absolute atomic E-state index is 12.5. The number of hydrogen-bond acceptors (Lipinski definition) is 4. The molecule has 3 unspecified atom stereocenters. The van der Waals surface area contributed by atoms with Crippen molar-refractivity contribution in [3.05, 3.63) is 0 Å². The van der Waals surface area contributed by atoms with Gasteiger partial charge in [-0.15, -0.1) is 0 Å². The van der Waals surface area contributed by atoms with Crippen LogP contribution in [0.1, 0.15) is 27.2 Å². The predicted octanol–water partition coefficient (Wildman–Crippen LogP) is 0.210. The number of nitrogens with one attached hydrogen (secondary N) is 2. The highest BCUT2D eigenvalue weighted by Gasteiger charge is 2.29. The van der Waals surface area contributed by atoms with Gasteiger partial charge in [-0.1, -0.05) is 6.92 Å². The predicted molar refractivity (Wildman–Crippen MR) is 72.6 cm³/mol. The second-order valence-corrected chi connectivity index (χ2v) is 5.05. The Labute approximate surface area is 110 Å². The van der Waals surface area contributed by atoms with Crippen LogP contribution in [-0.2, 0) is 9.53 Å². The van der Waals surface area contributed by atoms with Crippen molar-refractivity contribution in [2.24, 2.45) is 0 Å². The molecule has 5 nitrogen and oxygen atoms in total. The first-order chi connectivity index (χ1) is 8.60. The van der Waals surface area contributed by atoms with Crippen LogP contribution in [0.5, 0.6) is 0 Å². The number of ether oxygens (including phenoxy) is 1. The van der Waals surface area contributed by atoms with Gasteiger partial charge in [-0.25, -0.2) is 0 Å². The Morgan fingerprint density at radius 3 is 2.67 bits per heavy atom. The van der Waals surface area contributed by atoms with E-state index in [9.17, 15) is 4.79 Å². The van der Waals surface area contributed by atoms with Gasteiger partial charge in [0.1, 0.15) is 0 Å². The number of amides is 1. The molecule has 1 aliphatic heterocycles. The summed E-state index contributed by atoms with van der Waals surface area (Å²) < 4.78 is 5.09. The lowest BCUT2D eigenvalue weighted by molar-refractivity contribution is -0.136. The molecule has 2 N–H and O–H groups in total. The summed E-state index contributed by atoms with van der Waals surface area (Å²) in [5.74, 6) is 0.181. The second-order valence-electron chi connectivity index (χ2n) is 5.05. The molecule has 1 rings (SSSR count). The Morgan fingerprint density at radius 2 is 2.17 bits per heavy atom. The molecular weight excluding hydrogens is 230 g/mol. The minimum atomic E-state index is -0.105. The van der Waals surface area contributed by atoms with E-state index in [1.54, 1.807) is 7.11 Å². The SMILES string of the molecule is CCC(C)N(CCOC)C(=O)C1CNC(C)CN1. The lowest BCUT2D eigenvalue weighted by atomic mass is 10.1. The number of rotatable bonds is 6. The zero-order valence-electron chi connectivity index (χ0n) is 12.0. The molecule has 0 saturated carbocycles. The molecule has 0 radical (unpaired) electrons. The first-order valence-corrected chi connectivity index (χ1v) is 6.86. The van der Waals surface area contributed by atoms with Crippen molar-refractivity contribution in [2.45, 2.75) is 45.3 Å². The van der Waals surface area contributed by atoms with Gasteiger partial charge in [0.15, 0.2) is 0 Å². The number of carbonyl (C=O) groups excluding carboxylic acids is 1. The van der Waals surface area contributed by atoms with Gasteiger partial charge in [0, 0.05) is 38.8 Å². The number of piperazine rings is 1. The molecule has 1 saturated heterocycles. The minimum Gasteiger partial charge on any atom is -0.383 e. The molecule has 106 valence electrons. The summed E-state index contributed by atoms with van der Waals surface area (Å²) in [6.07, 6.45) is 0.964. The quantitative estimate of drug-likeness (QED) is 0.714. The van der Waals surface area contributed by atoms with Crippen LogP contribution in [0.4, 0.5) is 0 Å². The third-order valence-electron chi connectivity index (χ3n) is 3.58. The van der Waals surface area contributed by atoms with Crippen molar-refractivity contribution in [2.75, 3.05) is 33.4 Å². The van der Waals surface area contributed by atoms with Crippen molar-refractivity contribution in [1.82, 2.24) is 15.5 Å². The normalized spacial score (nSPS) is 25.8. The summed E-state index contributed by atoms with van der Waals surface area (Å²) in [5.41, 5.74) is 0. The molecule has 1 aliphatic rings. The summed E-state index contributed by atoms with van der Waals surface area (Å²) >= 11 is 0. The Hall–Kier alpha value is -0.650. The number of hydrogen-bond donors (Lipinski definition) is 2. The molecule has 0 aromatic rings. The van der Waals surface area contributed by atoms with E-state index in [-0.39, 0.29) is 18.0 Å². The van der Waals surface area contributed by atoms with E-state index in [0.717, 1.165) is 13.0 Å². The molecule has 3 atom stereocenters. The molecule has 0 bridgehead atoms. The molecule has 0 spiro atoms. The molecular formula is C13H27N3O2. The highest BCUT2D eigenvalue weighted by atomic mass is 16.5. The molecule has 5 heteroatoms. The molecule has 0 aliphatic carbocycles.